The third-order valence-electron chi connectivity index (χ3n) is 4.78. The average molecular weight is 448 g/mol. The number of aryl methyl sites for hydroxylation is 1. The second kappa shape index (κ2) is 12.4. The molecule has 0 radical (unpaired) electrons. The number of ether oxygens (including phenoxy) is 1. The topological polar surface area (TPSA) is 111 Å². The molecule has 8 heteroatoms. The van der Waals surface area contributed by atoms with E-state index in [9.17, 15) is 13.2 Å². The molecule has 0 unspecified atom stereocenters. The van der Waals surface area contributed by atoms with Gasteiger partial charge in [-0.1, -0.05) is 37.5 Å². The molecule has 0 saturated heterocycles. The van der Waals surface area contributed by atoms with Gasteiger partial charge in [-0.05, 0) is 69.1 Å². The van der Waals surface area contributed by atoms with Crippen molar-refractivity contribution < 1.29 is 17.9 Å². The Morgan fingerprint density at radius 2 is 1.71 bits per heavy atom. The Balaban J connectivity index is 2.10. The van der Waals surface area contributed by atoms with E-state index in [-0.39, 0.29) is 4.90 Å². The lowest BCUT2D eigenvalue weighted by atomic mass is 10.1. The van der Waals surface area contributed by atoms with E-state index >= 15 is 0 Å². The molecule has 1 atom stereocenters. The second-order valence-corrected chi connectivity index (χ2v) is 9.20. The number of hydrogen-bond donors (Lipinski definition) is 3. The lowest BCUT2D eigenvalue weighted by Crippen LogP contribution is -2.43. The van der Waals surface area contributed by atoms with Crippen molar-refractivity contribution in [1.82, 2.24) is 4.72 Å². The maximum atomic E-state index is 12.9. The molecule has 0 spiro atoms. The number of nitrogens with two attached hydrogens (primary N) is 1. The fourth-order valence-electron chi connectivity index (χ4n) is 2.91. The van der Waals surface area contributed by atoms with Gasteiger partial charge >= 0.3 is 0 Å². The molecule has 0 saturated carbocycles. The summed E-state index contributed by atoms with van der Waals surface area (Å²) in [5.74, 6) is 0.216. The summed E-state index contributed by atoms with van der Waals surface area (Å²) in [7, 11) is -3.88. The van der Waals surface area contributed by atoms with Crippen molar-refractivity contribution in [2.24, 2.45) is 5.73 Å². The van der Waals surface area contributed by atoms with Gasteiger partial charge in [0.25, 0.3) is 0 Å². The third kappa shape index (κ3) is 8.32. The zero-order valence-electron chi connectivity index (χ0n) is 18.3. The first kappa shape index (κ1) is 24.8. The van der Waals surface area contributed by atoms with Crippen LogP contribution in [0.15, 0.2) is 53.4 Å². The van der Waals surface area contributed by atoms with Crippen LogP contribution in [0.25, 0.3) is 0 Å². The van der Waals surface area contributed by atoms with Crippen LogP contribution in [0.3, 0.4) is 0 Å². The highest BCUT2D eigenvalue weighted by molar-refractivity contribution is 7.89. The summed E-state index contributed by atoms with van der Waals surface area (Å²) in [4.78, 5) is 12.9. The number of hydrogen-bond acceptors (Lipinski definition) is 5. The maximum absolute atomic E-state index is 12.9. The quantitative estimate of drug-likeness (QED) is 0.407. The summed E-state index contributed by atoms with van der Waals surface area (Å²) < 4.78 is 33.9. The smallest absolute Gasteiger partial charge is 0.242 e. The van der Waals surface area contributed by atoms with Gasteiger partial charge in [0.15, 0.2) is 0 Å². The van der Waals surface area contributed by atoms with Crippen molar-refractivity contribution in [2.75, 3.05) is 18.5 Å². The Bertz CT molecular complexity index is 913. The SMILES string of the molecule is CCCCOc1ccc(S(=O)(=O)N[C@@H](CCCCN)C(=O)Nc2ccc(C)cc2)cc1. The van der Waals surface area contributed by atoms with Gasteiger partial charge in [-0.25, -0.2) is 8.42 Å². The number of nitrogens with one attached hydrogen (secondary N) is 2. The first-order valence-electron chi connectivity index (χ1n) is 10.7. The van der Waals surface area contributed by atoms with E-state index in [1.54, 1.807) is 24.3 Å². The zero-order valence-corrected chi connectivity index (χ0v) is 19.1. The molecule has 0 aliphatic rings. The molecule has 1 amide bonds. The maximum Gasteiger partial charge on any atom is 0.242 e. The van der Waals surface area contributed by atoms with Crippen LogP contribution in [-0.2, 0) is 14.8 Å². The van der Waals surface area contributed by atoms with Crippen LogP contribution in [0, 0.1) is 6.92 Å². The van der Waals surface area contributed by atoms with Crippen LogP contribution in [-0.4, -0.2) is 33.5 Å². The number of rotatable bonds is 13. The Morgan fingerprint density at radius 3 is 2.32 bits per heavy atom. The lowest BCUT2D eigenvalue weighted by Gasteiger charge is -2.19. The minimum atomic E-state index is -3.88. The molecular weight excluding hydrogens is 414 g/mol. The highest BCUT2D eigenvalue weighted by Gasteiger charge is 2.25. The van der Waals surface area contributed by atoms with Gasteiger partial charge in [0, 0.05) is 5.69 Å². The number of amides is 1. The number of sulfonamides is 1. The van der Waals surface area contributed by atoms with Crippen molar-refractivity contribution >= 4 is 21.6 Å². The van der Waals surface area contributed by atoms with E-state index in [2.05, 4.69) is 17.0 Å². The van der Waals surface area contributed by atoms with E-state index in [1.807, 2.05) is 19.1 Å². The van der Waals surface area contributed by atoms with Crippen molar-refractivity contribution in [3.63, 3.8) is 0 Å². The molecule has 2 aromatic carbocycles. The average Bonchev–Trinajstić information content (AvgIpc) is 2.75. The summed E-state index contributed by atoms with van der Waals surface area (Å²) in [5, 5.41) is 2.79. The third-order valence-corrected chi connectivity index (χ3v) is 6.27. The van der Waals surface area contributed by atoms with Gasteiger partial charge in [0.2, 0.25) is 15.9 Å². The molecule has 31 heavy (non-hydrogen) atoms. The Labute approximate surface area is 185 Å². The highest BCUT2D eigenvalue weighted by Crippen LogP contribution is 2.18. The molecule has 0 fully saturated rings. The fourth-order valence-corrected chi connectivity index (χ4v) is 4.14. The Morgan fingerprint density at radius 1 is 1.03 bits per heavy atom. The number of benzene rings is 2. The summed E-state index contributed by atoms with van der Waals surface area (Å²) >= 11 is 0. The minimum Gasteiger partial charge on any atom is -0.494 e. The van der Waals surface area contributed by atoms with Crippen LogP contribution < -0.4 is 20.5 Å². The lowest BCUT2D eigenvalue weighted by molar-refractivity contribution is -0.117. The van der Waals surface area contributed by atoms with E-state index in [1.165, 1.54) is 12.1 Å². The van der Waals surface area contributed by atoms with Crippen molar-refractivity contribution in [2.45, 2.75) is 56.9 Å². The predicted octanol–water partition coefficient (Wildman–Crippen LogP) is 3.59. The largest absolute Gasteiger partial charge is 0.494 e. The van der Waals surface area contributed by atoms with Gasteiger partial charge < -0.3 is 15.8 Å². The molecule has 0 aromatic heterocycles. The molecule has 2 aromatic rings. The fraction of sp³-hybridized carbons (Fsp3) is 0.435. The number of unbranched alkanes of at least 4 members (excludes halogenated alkanes) is 2. The van der Waals surface area contributed by atoms with Crippen molar-refractivity contribution in [3.8, 4) is 5.75 Å². The van der Waals surface area contributed by atoms with E-state index in [0.717, 1.165) is 18.4 Å². The van der Waals surface area contributed by atoms with Gasteiger partial charge in [-0.15, -0.1) is 0 Å². The minimum absolute atomic E-state index is 0.0855. The van der Waals surface area contributed by atoms with Gasteiger partial charge in [0.1, 0.15) is 11.8 Å². The molecule has 4 N–H and O–H groups in total. The molecule has 0 aliphatic carbocycles. The van der Waals surface area contributed by atoms with Crippen LogP contribution in [0.5, 0.6) is 5.75 Å². The van der Waals surface area contributed by atoms with Gasteiger partial charge in [0.05, 0.1) is 11.5 Å². The van der Waals surface area contributed by atoms with Crippen molar-refractivity contribution in [1.29, 1.82) is 0 Å². The summed E-state index contributed by atoms with van der Waals surface area (Å²) in [6.07, 6.45) is 3.65. The predicted molar refractivity (Wildman–Crippen MR) is 124 cm³/mol. The normalized spacial score (nSPS) is 12.4. The van der Waals surface area contributed by atoms with Crippen LogP contribution in [0.2, 0.25) is 0 Å². The molecule has 0 heterocycles. The molecule has 7 nitrogen and oxygen atoms in total. The van der Waals surface area contributed by atoms with Crippen LogP contribution >= 0.6 is 0 Å². The molecule has 2 rings (SSSR count). The van der Waals surface area contributed by atoms with Gasteiger partial charge in [-0.2, -0.15) is 4.72 Å². The van der Waals surface area contributed by atoms with E-state index in [4.69, 9.17) is 10.5 Å². The number of anilines is 1. The molecule has 170 valence electrons. The number of carbonyl (C=O) groups is 1. The summed E-state index contributed by atoms with van der Waals surface area (Å²) in [6.45, 7) is 5.10. The van der Waals surface area contributed by atoms with E-state index < -0.39 is 22.0 Å². The summed E-state index contributed by atoms with van der Waals surface area (Å²) in [6, 6.07) is 12.7. The molecular formula is C23H33N3O4S. The van der Waals surface area contributed by atoms with E-state index in [0.29, 0.717) is 43.9 Å². The van der Waals surface area contributed by atoms with Crippen molar-refractivity contribution in [3.05, 3.63) is 54.1 Å². The Hall–Kier alpha value is -2.42. The zero-order chi connectivity index (χ0) is 22.7. The van der Waals surface area contributed by atoms with Crippen LogP contribution in [0.1, 0.15) is 44.6 Å². The number of carbonyl (C=O) groups excluding carboxylic acids is 1. The first-order chi connectivity index (χ1) is 14.9. The first-order valence-corrected chi connectivity index (χ1v) is 12.2. The highest BCUT2D eigenvalue weighted by atomic mass is 32.2. The Kier molecular flexibility index (Phi) is 9.97. The van der Waals surface area contributed by atoms with Crippen LogP contribution in [0.4, 0.5) is 5.69 Å². The monoisotopic (exact) mass is 447 g/mol. The standard InChI is InChI=1S/C23H33N3O4S/c1-3-4-17-30-20-12-14-21(15-13-20)31(28,29)26-22(7-5-6-16-24)23(27)25-19-10-8-18(2)9-11-19/h8-15,22,26H,3-7,16-17,24H2,1-2H3,(H,25,27)/t22-/m0/s1. The molecule has 0 bridgehead atoms. The molecule has 0 aliphatic heterocycles. The van der Waals surface area contributed by atoms with Gasteiger partial charge in [-0.3, -0.25) is 4.79 Å². The second-order valence-electron chi connectivity index (χ2n) is 7.49. The summed E-state index contributed by atoms with van der Waals surface area (Å²) in [5.41, 5.74) is 7.24.